The van der Waals surface area contributed by atoms with Crippen LogP contribution < -0.4 is 5.32 Å². The van der Waals surface area contributed by atoms with Crippen molar-refractivity contribution < 1.29 is 19.4 Å². The maximum absolute atomic E-state index is 11.9. The molecule has 2 N–H and O–H groups in total. The van der Waals surface area contributed by atoms with E-state index >= 15 is 0 Å². The first-order chi connectivity index (χ1) is 8.66. The number of aliphatic hydroxyl groups excluding tert-OH is 1. The lowest BCUT2D eigenvalue weighted by Crippen LogP contribution is -2.49. The number of nitrogens with one attached hydrogen (secondary N) is 1. The predicted octanol–water partition coefficient (Wildman–Crippen LogP) is -0.487. The number of hydrogen-bond acceptors (Lipinski definition) is 4. The van der Waals surface area contributed by atoms with E-state index in [0.717, 1.165) is 19.3 Å². The van der Waals surface area contributed by atoms with Crippen molar-refractivity contribution in [1.29, 1.82) is 0 Å². The van der Waals surface area contributed by atoms with Crippen molar-refractivity contribution in [2.45, 2.75) is 32.2 Å². The van der Waals surface area contributed by atoms with E-state index in [4.69, 9.17) is 9.84 Å². The fourth-order valence-electron chi connectivity index (χ4n) is 2.01. The molecule has 2 amide bonds. The van der Waals surface area contributed by atoms with E-state index in [2.05, 4.69) is 5.32 Å². The van der Waals surface area contributed by atoms with Gasteiger partial charge in [-0.25, -0.2) is 0 Å². The summed E-state index contributed by atoms with van der Waals surface area (Å²) in [5, 5.41) is 11.0. The molecule has 0 saturated carbocycles. The van der Waals surface area contributed by atoms with Gasteiger partial charge in [-0.3, -0.25) is 9.59 Å². The highest BCUT2D eigenvalue weighted by Crippen LogP contribution is 2.16. The van der Waals surface area contributed by atoms with Gasteiger partial charge >= 0.3 is 11.8 Å². The minimum atomic E-state index is -0.573. The SMILES string of the molecule is CC1CCCCN1C(=O)C(=O)NCCOCCO. The second kappa shape index (κ2) is 8.05. The Morgan fingerprint density at radius 2 is 2.17 bits per heavy atom. The Balaban J connectivity index is 2.25. The molecule has 18 heavy (non-hydrogen) atoms. The Morgan fingerprint density at radius 3 is 2.83 bits per heavy atom. The van der Waals surface area contributed by atoms with E-state index in [1.165, 1.54) is 0 Å². The number of amides is 2. The molecule has 6 heteroatoms. The van der Waals surface area contributed by atoms with Crippen LogP contribution >= 0.6 is 0 Å². The molecule has 0 aromatic carbocycles. The van der Waals surface area contributed by atoms with E-state index < -0.39 is 11.8 Å². The second-order valence-electron chi connectivity index (χ2n) is 4.44. The third kappa shape index (κ3) is 4.62. The zero-order chi connectivity index (χ0) is 13.4. The third-order valence-electron chi connectivity index (χ3n) is 3.03. The summed E-state index contributed by atoms with van der Waals surface area (Å²) >= 11 is 0. The third-order valence-corrected chi connectivity index (χ3v) is 3.03. The summed E-state index contributed by atoms with van der Waals surface area (Å²) in [6.07, 6.45) is 3.03. The van der Waals surface area contributed by atoms with Crippen molar-refractivity contribution in [2.24, 2.45) is 0 Å². The van der Waals surface area contributed by atoms with Crippen molar-refractivity contribution >= 4 is 11.8 Å². The second-order valence-corrected chi connectivity index (χ2v) is 4.44. The number of rotatable bonds is 5. The maximum Gasteiger partial charge on any atom is 0.312 e. The van der Waals surface area contributed by atoms with Crippen molar-refractivity contribution in [3.8, 4) is 0 Å². The van der Waals surface area contributed by atoms with E-state index in [9.17, 15) is 9.59 Å². The molecule has 1 saturated heterocycles. The van der Waals surface area contributed by atoms with Crippen LogP contribution in [0.4, 0.5) is 0 Å². The number of piperidine rings is 1. The molecular formula is C12H22N2O4. The Labute approximate surface area is 107 Å². The molecule has 0 aromatic heterocycles. The Hall–Kier alpha value is -1.14. The van der Waals surface area contributed by atoms with E-state index in [1.807, 2.05) is 6.92 Å². The van der Waals surface area contributed by atoms with Crippen LogP contribution in [0, 0.1) is 0 Å². The zero-order valence-corrected chi connectivity index (χ0v) is 10.9. The Morgan fingerprint density at radius 1 is 1.39 bits per heavy atom. The van der Waals surface area contributed by atoms with Gasteiger partial charge in [-0.2, -0.15) is 0 Å². The summed E-state index contributed by atoms with van der Waals surface area (Å²) in [5.74, 6) is -1.03. The molecule has 6 nitrogen and oxygen atoms in total. The molecular weight excluding hydrogens is 236 g/mol. The number of carbonyl (C=O) groups excluding carboxylic acids is 2. The molecule has 1 heterocycles. The molecule has 0 aliphatic carbocycles. The van der Waals surface area contributed by atoms with Crippen LogP contribution in [0.1, 0.15) is 26.2 Å². The first kappa shape index (κ1) is 14.9. The van der Waals surface area contributed by atoms with Gasteiger partial charge in [0.05, 0.1) is 19.8 Å². The van der Waals surface area contributed by atoms with Gasteiger partial charge in [0.25, 0.3) is 0 Å². The van der Waals surface area contributed by atoms with Crippen LogP contribution in [0.3, 0.4) is 0 Å². The van der Waals surface area contributed by atoms with Crippen LogP contribution in [0.2, 0.25) is 0 Å². The minimum absolute atomic E-state index is 0.0435. The van der Waals surface area contributed by atoms with Crippen LogP contribution in [0.25, 0.3) is 0 Å². The molecule has 104 valence electrons. The van der Waals surface area contributed by atoms with Gasteiger partial charge in [-0.15, -0.1) is 0 Å². The topological polar surface area (TPSA) is 78.9 Å². The highest BCUT2D eigenvalue weighted by Gasteiger charge is 2.27. The van der Waals surface area contributed by atoms with Crippen molar-refractivity contribution in [3.05, 3.63) is 0 Å². The van der Waals surface area contributed by atoms with Gasteiger partial charge in [0.2, 0.25) is 0 Å². The van der Waals surface area contributed by atoms with E-state index in [0.29, 0.717) is 13.2 Å². The van der Waals surface area contributed by atoms with Crippen molar-refractivity contribution in [3.63, 3.8) is 0 Å². The molecule has 1 atom stereocenters. The van der Waals surface area contributed by atoms with Gasteiger partial charge in [0, 0.05) is 19.1 Å². The number of nitrogens with zero attached hydrogens (tertiary/aromatic N) is 1. The smallest absolute Gasteiger partial charge is 0.312 e. The number of hydrogen-bond donors (Lipinski definition) is 2. The van der Waals surface area contributed by atoms with Crippen molar-refractivity contribution in [2.75, 3.05) is 32.9 Å². The average Bonchev–Trinajstić information content (AvgIpc) is 2.38. The number of carbonyl (C=O) groups is 2. The number of aliphatic hydroxyl groups is 1. The molecule has 1 rings (SSSR count). The maximum atomic E-state index is 11.9. The lowest BCUT2D eigenvalue weighted by Gasteiger charge is -2.32. The summed E-state index contributed by atoms with van der Waals surface area (Å²) in [5.41, 5.74) is 0. The van der Waals surface area contributed by atoms with E-state index in [1.54, 1.807) is 4.90 Å². The highest BCUT2D eigenvalue weighted by atomic mass is 16.5. The fraction of sp³-hybridized carbons (Fsp3) is 0.833. The summed E-state index contributed by atoms with van der Waals surface area (Å²) in [7, 11) is 0. The van der Waals surface area contributed by atoms with Gasteiger partial charge in [-0.05, 0) is 26.2 Å². The average molecular weight is 258 g/mol. The quantitative estimate of drug-likeness (QED) is 0.515. The first-order valence-corrected chi connectivity index (χ1v) is 6.44. The standard InChI is InChI=1S/C12H22N2O4/c1-10-4-2-3-6-14(10)12(17)11(16)13-5-8-18-9-7-15/h10,15H,2-9H2,1H3,(H,13,16). The van der Waals surface area contributed by atoms with Crippen LogP contribution in [-0.2, 0) is 14.3 Å². The fourth-order valence-corrected chi connectivity index (χ4v) is 2.01. The van der Waals surface area contributed by atoms with Gasteiger partial charge in [0.1, 0.15) is 0 Å². The molecule has 1 aliphatic rings. The van der Waals surface area contributed by atoms with E-state index in [-0.39, 0.29) is 25.8 Å². The molecule has 1 unspecified atom stereocenters. The monoisotopic (exact) mass is 258 g/mol. The normalized spacial score (nSPS) is 19.7. The molecule has 0 spiro atoms. The number of likely N-dealkylation sites (tertiary alicyclic amines) is 1. The van der Waals surface area contributed by atoms with Crippen LogP contribution in [0.5, 0.6) is 0 Å². The molecule has 0 bridgehead atoms. The molecule has 1 aliphatic heterocycles. The summed E-state index contributed by atoms with van der Waals surface area (Å²) < 4.78 is 4.99. The van der Waals surface area contributed by atoms with Gasteiger partial charge in [-0.1, -0.05) is 0 Å². The molecule has 0 aromatic rings. The summed E-state index contributed by atoms with van der Waals surface area (Å²) in [6, 6.07) is 0.141. The van der Waals surface area contributed by atoms with Crippen LogP contribution in [0.15, 0.2) is 0 Å². The lowest BCUT2D eigenvalue weighted by atomic mass is 10.0. The van der Waals surface area contributed by atoms with Crippen molar-refractivity contribution in [1.82, 2.24) is 10.2 Å². The lowest BCUT2D eigenvalue weighted by molar-refractivity contribution is -0.148. The minimum Gasteiger partial charge on any atom is -0.394 e. The Kier molecular flexibility index (Phi) is 6.67. The van der Waals surface area contributed by atoms with Gasteiger partial charge < -0.3 is 20.1 Å². The Bertz CT molecular complexity index is 283. The van der Waals surface area contributed by atoms with Crippen LogP contribution in [-0.4, -0.2) is 60.8 Å². The summed E-state index contributed by atoms with van der Waals surface area (Å²) in [6.45, 7) is 3.41. The predicted molar refractivity (Wildman–Crippen MR) is 65.9 cm³/mol. The van der Waals surface area contributed by atoms with Gasteiger partial charge in [0.15, 0.2) is 0 Å². The molecule has 1 fully saturated rings. The number of ether oxygens (including phenoxy) is 1. The molecule has 0 radical (unpaired) electrons. The summed E-state index contributed by atoms with van der Waals surface area (Å²) in [4.78, 5) is 25.1. The largest absolute Gasteiger partial charge is 0.394 e. The first-order valence-electron chi connectivity index (χ1n) is 6.44. The zero-order valence-electron chi connectivity index (χ0n) is 10.9. The highest BCUT2D eigenvalue weighted by molar-refractivity contribution is 6.35.